The molecule has 15 heavy (non-hydrogen) atoms. The molecule has 1 aromatic carbocycles. The molecule has 0 aliphatic rings. The number of aliphatic hydroxyl groups is 1. The van der Waals surface area contributed by atoms with Crippen LogP contribution in [0.4, 0.5) is 0 Å². The molecule has 0 saturated heterocycles. The number of halogens is 1. The molecule has 0 aliphatic carbocycles. The maximum atomic E-state index is 9.57. The number of hydrogen-bond donors (Lipinski definition) is 1. The van der Waals surface area contributed by atoms with Gasteiger partial charge in [-0.3, -0.25) is 0 Å². The molecule has 2 atom stereocenters. The number of nitrogens with zero attached hydrogens (tertiary/aromatic N) is 1. The number of hydrogen-bond acceptors (Lipinski definition) is 3. The van der Waals surface area contributed by atoms with Crippen LogP contribution >= 0.6 is 11.6 Å². The van der Waals surface area contributed by atoms with Crippen molar-refractivity contribution in [1.29, 1.82) is 5.26 Å². The molecule has 0 aliphatic heterocycles. The lowest BCUT2D eigenvalue weighted by Crippen LogP contribution is -2.20. The van der Waals surface area contributed by atoms with Gasteiger partial charge in [0.25, 0.3) is 0 Å². The summed E-state index contributed by atoms with van der Waals surface area (Å²) in [6.07, 6.45) is -1.11. The van der Waals surface area contributed by atoms with Crippen LogP contribution in [0.25, 0.3) is 0 Å². The zero-order chi connectivity index (χ0) is 11.3. The van der Waals surface area contributed by atoms with Crippen molar-refractivity contribution in [3.05, 3.63) is 34.9 Å². The Balaban J connectivity index is 2.88. The molecule has 0 heterocycles. The average Bonchev–Trinajstić information content (AvgIpc) is 2.19. The summed E-state index contributed by atoms with van der Waals surface area (Å²) in [5, 5.41) is 19.0. The molecule has 0 bridgehead atoms. The summed E-state index contributed by atoms with van der Waals surface area (Å²) >= 11 is 5.80. The first kappa shape index (κ1) is 12.0. The molecular weight excluding hydrogens is 214 g/mol. The minimum atomic E-state index is -1.11. The maximum absolute atomic E-state index is 9.57. The molecule has 0 saturated carbocycles. The average molecular weight is 226 g/mol. The minimum absolute atomic E-state index is 0.361. The molecule has 0 fully saturated rings. The third-order valence-corrected chi connectivity index (χ3v) is 2.20. The van der Waals surface area contributed by atoms with Crippen LogP contribution in [0.1, 0.15) is 18.4 Å². The number of aliphatic hydroxyl groups excluding tert-OH is 1. The SMILES string of the molecule is CCOC(O)C(C#N)c1cccc(Cl)c1. The van der Waals surface area contributed by atoms with Crippen LogP contribution in [-0.2, 0) is 4.74 Å². The summed E-state index contributed by atoms with van der Waals surface area (Å²) < 4.78 is 4.98. The zero-order valence-corrected chi connectivity index (χ0v) is 9.11. The van der Waals surface area contributed by atoms with Gasteiger partial charge in [-0.1, -0.05) is 23.7 Å². The van der Waals surface area contributed by atoms with E-state index in [4.69, 9.17) is 21.6 Å². The van der Waals surface area contributed by atoms with E-state index in [0.29, 0.717) is 17.2 Å². The highest BCUT2D eigenvalue weighted by Crippen LogP contribution is 2.22. The Morgan fingerprint density at radius 1 is 1.60 bits per heavy atom. The number of ether oxygens (including phenoxy) is 1. The predicted molar refractivity (Wildman–Crippen MR) is 57.4 cm³/mol. The van der Waals surface area contributed by atoms with E-state index in [1.54, 1.807) is 31.2 Å². The Labute approximate surface area is 93.9 Å². The van der Waals surface area contributed by atoms with E-state index in [2.05, 4.69) is 0 Å². The minimum Gasteiger partial charge on any atom is -0.367 e. The Hall–Kier alpha value is -1.08. The van der Waals surface area contributed by atoms with Crippen LogP contribution < -0.4 is 0 Å². The molecular formula is C11H12ClNO2. The Bertz CT molecular complexity index is 362. The summed E-state index contributed by atoms with van der Waals surface area (Å²) in [6.45, 7) is 2.12. The number of benzene rings is 1. The van der Waals surface area contributed by atoms with Crippen molar-refractivity contribution < 1.29 is 9.84 Å². The number of rotatable bonds is 4. The Morgan fingerprint density at radius 2 is 2.33 bits per heavy atom. The van der Waals surface area contributed by atoms with Crippen LogP contribution in [0.2, 0.25) is 5.02 Å². The van der Waals surface area contributed by atoms with Gasteiger partial charge in [-0.2, -0.15) is 5.26 Å². The predicted octanol–water partition coefficient (Wildman–Crippen LogP) is 2.30. The van der Waals surface area contributed by atoms with Gasteiger partial charge in [-0.15, -0.1) is 0 Å². The third kappa shape index (κ3) is 3.21. The second-order valence-electron chi connectivity index (χ2n) is 3.01. The van der Waals surface area contributed by atoms with E-state index in [1.807, 2.05) is 6.07 Å². The molecule has 0 amide bonds. The van der Waals surface area contributed by atoms with E-state index in [-0.39, 0.29) is 0 Å². The lowest BCUT2D eigenvalue weighted by molar-refractivity contribution is -0.101. The smallest absolute Gasteiger partial charge is 0.174 e. The van der Waals surface area contributed by atoms with Crippen LogP contribution in [0.3, 0.4) is 0 Å². The molecule has 2 unspecified atom stereocenters. The maximum Gasteiger partial charge on any atom is 0.174 e. The van der Waals surface area contributed by atoms with Gasteiger partial charge in [-0.25, -0.2) is 0 Å². The summed E-state index contributed by atoms with van der Waals surface area (Å²) in [4.78, 5) is 0. The van der Waals surface area contributed by atoms with E-state index in [1.165, 1.54) is 0 Å². The second kappa shape index (κ2) is 5.72. The van der Waals surface area contributed by atoms with Crippen molar-refractivity contribution in [2.45, 2.75) is 19.1 Å². The fourth-order valence-electron chi connectivity index (χ4n) is 1.27. The fourth-order valence-corrected chi connectivity index (χ4v) is 1.47. The monoisotopic (exact) mass is 225 g/mol. The summed E-state index contributed by atoms with van der Waals surface area (Å²) in [7, 11) is 0. The quantitative estimate of drug-likeness (QED) is 0.800. The van der Waals surface area contributed by atoms with Gasteiger partial charge in [0.2, 0.25) is 0 Å². The molecule has 4 heteroatoms. The highest BCUT2D eigenvalue weighted by atomic mass is 35.5. The number of nitriles is 1. The van der Waals surface area contributed by atoms with Crippen LogP contribution in [0, 0.1) is 11.3 Å². The highest BCUT2D eigenvalue weighted by molar-refractivity contribution is 6.30. The highest BCUT2D eigenvalue weighted by Gasteiger charge is 2.21. The van der Waals surface area contributed by atoms with Crippen molar-refractivity contribution in [2.24, 2.45) is 0 Å². The van der Waals surface area contributed by atoms with Gasteiger partial charge >= 0.3 is 0 Å². The fraction of sp³-hybridized carbons (Fsp3) is 0.364. The lowest BCUT2D eigenvalue weighted by atomic mass is 10.0. The molecule has 1 aromatic rings. The van der Waals surface area contributed by atoms with Gasteiger partial charge in [-0.05, 0) is 24.6 Å². The lowest BCUT2D eigenvalue weighted by Gasteiger charge is -2.16. The first-order valence-corrected chi connectivity index (χ1v) is 5.01. The topological polar surface area (TPSA) is 53.2 Å². The molecule has 1 N–H and O–H groups in total. The van der Waals surface area contributed by atoms with E-state index >= 15 is 0 Å². The molecule has 1 rings (SSSR count). The van der Waals surface area contributed by atoms with Crippen molar-refractivity contribution >= 4 is 11.6 Å². The molecule has 80 valence electrons. The summed E-state index contributed by atoms with van der Waals surface area (Å²) in [5.41, 5.74) is 0.658. The first-order chi connectivity index (χ1) is 7.19. The summed E-state index contributed by atoms with van der Waals surface area (Å²) in [5.74, 6) is -0.705. The third-order valence-electron chi connectivity index (χ3n) is 1.97. The molecule has 0 aromatic heterocycles. The molecule has 0 spiro atoms. The zero-order valence-electron chi connectivity index (χ0n) is 8.35. The Morgan fingerprint density at radius 3 is 2.87 bits per heavy atom. The first-order valence-electron chi connectivity index (χ1n) is 4.63. The van der Waals surface area contributed by atoms with Crippen LogP contribution in [-0.4, -0.2) is 18.0 Å². The normalized spacial score (nSPS) is 14.3. The second-order valence-corrected chi connectivity index (χ2v) is 3.44. The van der Waals surface area contributed by atoms with Crippen molar-refractivity contribution in [3.63, 3.8) is 0 Å². The van der Waals surface area contributed by atoms with Crippen LogP contribution in [0.5, 0.6) is 0 Å². The van der Waals surface area contributed by atoms with Gasteiger partial charge in [0, 0.05) is 11.6 Å². The van der Waals surface area contributed by atoms with Gasteiger partial charge in [0.1, 0.15) is 5.92 Å². The van der Waals surface area contributed by atoms with Crippen molar-refractivity contribution in [1.82, 2.24) is 0 Å². The van der Waals surface area contributed by atoms with Gasteiger partial charge < -0.3 is 9.84 Å². The largest absolute Gasteiger partial charge is 0.367 e. The van der Waals surface area contributed by atoms with E-state index in [0.717, 1.165) is 0 Å². The van der Waals surface area contributed by atoms with E-state index in [9.17, 15) is 5.11 Å². The van der Waals surface area contributed by atoms with E-state index < -0.39 is 12.2 Å². The Kier molecular flexibility index (Phi) is 4.57. The molecule has 0 radical (unpaired) electrons. The van der Waals surface area contributed by atoms with Crippen molar-refractivity contribution in [3.8, 4) is 6.07 Å². The summed E-state index contributed by atoms with van der Waals surface area (Å²) in [6, 6.07) is 8.84. The van der Waals surface area contributed by atoms with Crippen molar-refractivity contribution in [2.75, 3.05) is 6.61 Å². The van der Waals surface area contributed by atoms with Gasteiger partial charge in [0.15, 0.2) is 6.29 Å². The van der Waals surface area contributed by atoms with Gasteiger partial charge in [0.05, 0.1) is 6.07 Å². The molecule has 3 nitrogen and oxygen atoms in total. The standard InChI is InChI=1S/C11H12ClNO2/c1-2-15-11(14)10(7-13)8-4-3-5-9(12)6-8/h3-6,10-11,14H,2H2,1H3. The van der Waals surface area contributed by atoms with Crippen LogP contribution in [0.15, 0.2) is 24.3 Å².